The van der Waals surface area contributed by atoms with Crippen LogP contribution in [0.2, 0.25) is 0 Å². The Kier molecular flexibility index (Phi) is 4.72. The molecule has 98 valence electrons. The van der Waals surface area contributed by atoms with Gasteiger partial charge >= 0.3 is 0 Å². The van der Waals surface area contributed by atoms with E-state index in [4.69, 9.17) is 4.74 Å². The molecule has 5 heteroatoms. The lowest BCUT2D eigenvalue weighted by atomic mass is 10.1. The van der Waals surface area contributed by atoms with Crippen molar-refractivity contribution in [3.63, 3.8) is 0 Å². The van der Waals surface area contributed by atoms with E-state index in [1.165, 1.54) is 12.1 Å². The Morgan fingerprint density at radius 2 is 2.33 bits per heavy atom. The Morgan fingerprint density at radius 1 is 1.50 bits per heavy atom. The second-order valence-corrected chi connectivity index (χ2v) is 5.22. The first-order chi connectivity index (χ1) is 8.65. The van der Waals surface area contributed by atoms with Gasteiger partial charge in [-0.2, -0.15) is 0 Å². The molecule has 1 N–H and O–H groups in total. The van der Waals surface area contributed by atoms with Crippen LogP contribution in [-0.2, 0) is 9.53 Å². The van der Waals surface area contributed by atoms with E-state index in [1.807, 2.05) is 0 Å². The summed E-state index contributed by atoms with van der Waals surface area (Å²) < 4.78 is 18.9. The molecule has 1 aromatic carbocycles. The van der Waals surface area contributed by atoms with E-state index in [0.717, 1.165) is 25.9 Å². The van der Waals surface area contributed by atoms with Gasteiger partial charge < -0.3 is 10.1 Å². The van der Waals surface area contributed by atoms with Crippen LogP contribution >= 0.6 is 15.9 Å². The van der Waals surface area contributed by atoms with Crippen molar-refractivity contribution in [2.75, 3.05) is 11.9 Å². The molecule has 1 fully saturated rings. The van der Waals surface area contributed by atoms with E-state index in [1.54, 1.807) is 6.07 Å². The number of halogens is 2. The minimum Gasteiger partial charge on any atom is -0.378 e. The van der Waals surface area contributed by atoms with Gasteiger partial charge in [0.2, 0.25) is 5.91 Å². The zero-order chi connectivity index (χ0) is 13.0. The molecular formula is C13H15BrFNO2. The molecule has 2 rings (SSSR count). The van der Waals surface area contributed by atoms with E-state index in [9.17, 15) is 9.18 Å². The van der Waals surface area contributed by atoms with E-state index >= 15 is 0 Å². The first kappa shape index (κ1) is 13.5. The molecule has 0 spiro atoms. The quantitative estimate of drug-likeness (QED) is 0.927. The number of nitrogens with one attached hydrogen (secondary N) is 1. The lowest BCUT2D eigenvalue weighted by Crippen LogP contribution is -2.25. The number of carbonyl (C=O) groups is 1. The fraction of sp³-hybridized carbons (Fsp3) is 0.462. The predicted molar refractivity (Wildman–Crippen MR) is 70.9 cm³/mol. The zero-order valence-electron chi connectivity index (χ0n) is 9.92. The van der Waals surface area contributed by atoms with E-state index < -0.39 is 0 Å². The number of hydrogen-bond acceptors (Lipinski definition) is 2. The van der Waals surface area contributed by atoms with Gasteiger partial charge in [-0.1, -0.05) is 0 Å². The second kappa shape index (κ2) is 6.29. The SMILES string of the molecule is O=C(CC1CCCCO1)Nc1ccc(F)cc1Br. The molecule has 1 aliphatic heterocycles. The molecule has 0 aromatic heterocycles. The summed E-state index contributed by atoms with van der Waals surface area (Å²) in [6.07, 6.45) is 3.47. The number of amides is 1. The van der Waals surface area contributed by atoms with Gasteiger partial charge in [-0.15, -0.1) is 0 Å². The van der Waals surface area contributed by atoms with Crippen LogP contribution in [0.1, 0.15) is 25.7 Å². The van der Waals surface area contributed by atoms with Crippen LogP contribution in [0.4, 0.5) is 10.1 Å². The average Bonchev–Trinajstić information content (AvgIpc) is 2.34. The van der Waals surface area contributed by atoms with Crippen molar-refractivity contribution in [1.82, 2.24) is 0 Å². The topological polar surface area (TPSA) is 38.3 Å². The van der Waals surface area contributed by atoms with Crippen molar-refractivity contribution in [1.29, 1.82) is 0 Å². The first-order valence-electron chi connectivity index (χ1n) is 6.01. The van der Waals surface area contributed by atoms with Crippen molar-refractivity contribution in [2.45, 2.75) is 31.8 Å². The summed E-state index contributed by atoms with van der Waals surface area (Å²) in [4.78, 5) is 11.8. The molecule has 1 aromatic rings. The summed E-state index contributed by atoms with van der Waals surface area (Å²) in [6, 6.07) is 4.18. The maximum absolute atomic E-state index is 12.9. The molecule has 0 saturated carbocycles. The summed E-state index contributed by atoms with van der Waals surface area (Å²) >= 11 is 3.21. The van der Waals surface area contributed by atoms with Crippen LogP contribution in [0.3, 0.4) is 0 Å². The number of rotatable bonds is 3. The van der Waals surface area contributed by atoms with Gasteiger partial charge in [-0.25, -0.2) is 4.39 Å². The summed E-state index contributed by atoms with van der Waals surface area (Å²) in [6.45, 7) is 0.734. The molecule has 3 nitrogen and oxygen atoms in total. The van der Waals surface area contributed by atoms with Gasteiger partial charge in [-0.3, -0.25) is 4.79 Å². The summed E-state index contributed by atoms with van der Waals surface area (Å²) in [5.74, 6) is -0.440. The molecule has 0 radical (unpaired) electrons. The minimum absolute atomic E-state index is 0.0120. The second-order valence-electron chi connectivity index (χ2n) is 4.37. The highest BCUT2D eigenvalue weighted by atomic mass is 79.9. The van der Waals surface area contributed by atoms with Gasteiger partial charge in [0.15, 0.2) is 0 Å². The summed E-state index contributed by atoms with van der Waals surface area (Å²) in [5, 5.41) is 2.75. The van der Waals surface area contributed by atoms with Gasteiger partial charge in [0.05, 0.1) is 18.2 Å². The highest BCUT2D eigenvalue weighted by Gasteiger charge is 2.18. The molecule has 0 aliphatic carbocycles. The lowest BCUT2D eigenvalue weighted by molar-refractivity contribution is -0.119. The smallest absolute Gasteiger partial charge is 0.227 e. The molecule has 1 amide bonds. The summed E-state index contributed by atoms with van der Waals surface area (Å²) in [7, 11) is 0. The minimum atomic E-state index is -0.338. The lowest BCUT2D eigenvalue weighted by Gasteiger charge is -2.22. The fourth-order valence-electron chi connectivity index (χ4n) is 1.97. The molecule has 0 bridgehead atoms. The maximum Gasteiger partial charge on any atom is 0.227 e. The normalized spacial score (nSPS) is 19.6. The third-order valence-electron chi connectivity index (χ3n) is 2.89. The van der Waals surface area contributed by atoms with Crippen LogP contribution in [0.5, 0.6) is 0 Å². The zero-order valence-corrected chi connectivity index (χ0v) is 11.5. The third kappa shape index (κ3) is 3.78. The van der Waals surface area contributed by atoms with Gasteiger partial charge in [-0.05, 0) is 53.4 Å². The summed E-state index contributed by atoms with van der Waals surface area (Å²) in [5.41, 5.74) is 0.581. The highest BCUT2D eigenvalue weighted by Crippen LogP contribution is 2.24. The largest absolute Gasteiger partial charge is 0.378 e. The number of anilines is 1. The number of benzene rings is 1. The van der Waals surface area contributed by atoms with Crippen LogP contribution in [0.25, 0.3) is 0 Å². The van der Waals surface area contributed by atoms with Gasteiger partial charge in [0.1, 0.15) is 5.82 Å². The monoisotopic (exact) mass is 315 g/mol. The third-order valence-corrected chi connectivity index (χ3v) is 3.55. The van der Waals surface area contributed by atoms with E-state index in [2.05, 4.69) is 21.2 Å². The molecule has 18 heavy (non-hydrogen) atoms. The molecule has 1 atom stereocenters. The Morgan fingerprint density at radius 3 is 3.00 bits per heavy atom. The molecule has 1 unspecified atom stereocenters. The highest BCUT2D eigenvalue weighted by molar-refractivity contribution is 9.10. The van der Waals surface area contributed by atoms with Gasteiger partial charge in [0, 0.05) is 11.1 Å². The predicted octanol–water partition coefficient (Wildman–Crippen LogP) is 3.49. The number of hydrogen-bond donors (Lipinski definition) is 1. The molecule has 1 heterocycles. The van der Waals surface area contributed by atoms with Crippen LogP contribution in [0, 0.1) is 5.82 Å². The van der Waals surface area contributed by atoms with Crippen molar-refractivity contribution in [2.24, 2.45) is 0 Å². The van der Waals surface area contributed by atoms with Crippen LogP contribution < -0.4 is 5.32 Å². The van der Waals surface area contributed by atoms with Crippen molar-refractivity contribution in [3.8, 4) is 0 Å². The molecule has 1 aliphatic rings. The Balaban J connectivity index is 1.90. The Hall–Kier alpha value is -0.940. The Labute approximate surface area is 114 Å². The van der Waals surface area contributed by atoms with Crippen molar-refractivity contribution < 1.29 is 13.9 Å². The molecular weight excluding hydrogens is 301 g/mol. The standard InChI is InChI=1S/C13H15BrFNO2/c14-11-7-9(15)4-5-12(11)16-13(17)8-10-3-1-2-6-18-10/h4-5,7,10H,1-3,6,8H2,(H,16,17). The number of carbonyl (C=O) groups excluding carboxylic acids is 1. The average molecular weight is 316 g/mol. The van der Waals surface area contributed by atoms with Gasteiger partial charge in [0.25, 0.3) is 0 Å². The Bertz CT molecular complexity index is 433. The van der Waals surface area contributed by atoms with Crippen LogP contribution in [-0.4, -0.2) is 18.6 Å². The van der Waals surface area contributed by atoms with Crippen molar-refractivity contribution in [3.05, 3.63) is 28.5 Å². The molecule has 1 saturated heterocycles. The number of ether oxygens (including phenoxy) is 1. The van der Waals surface area contributed by atoms with E-state index in [0.29, 0.717) is 16.6 Å². The van der Waals surface area contributed by atoms with Crippen molar-refractivity contribution >= 4 is 27.5 Å². The first-order valence-corrected chi connectivity index (χ1v) is 6.81. The van der Waals surface area contributed by atoms with Crippen LogP contribution in [0.15, 0.2) is 22.7 Å². The fourth-order valence-corrected chi connectivity index (χ4v) is 2.42. The van der Waals surface area contributed by atoms with E-state index in [-0.39, 0.29) is 17.8 Å². The maximum atomic E-state index is 12.9.